The Morgan fingerprint density at radius 2 is 1.10 bits per heavy atom. The van der Waals surface area contributed by atoms with Gasteiger partial charge in [-0.25, -0.2) is 0 Å². The summed E-state index contributed by atoms with van der Waals surface area (Å²) in [6, 6.07) is 62.4. The van der Waals surface area contributed by atoms with Gasteiger partial charge in [0.25, 0.3) is 6.71 Å². The largest absolute Gasteiger partial charge is 0.468 e. The summed E-state index contributed by atoms with van der Waals surface area (Å²) in [4.78, 5) is 7.09. The van der Waals surface area contributed by atoms with Crippen molar-refractivity contribution in [2.45, 2.75) is 26.2 Å². The van der Waals surface area contributed by atoms with Gasteiger partial charge in [0.2, 0.25) is 0 Å². The molecule has 0 saturated carbocycles. The van der Waals surface area contributed by atoms with Crippen molar-refractivity contribution in [2.24, 2.45) is 0 Å². The lowest BCUT2D eigenvalue weighted by Crippen LogP contribution is -2.61. The Morgan fingerprint density at radius 3 is 1.90 bits per heavy atom. The molecule has 5 heterocycles. The Hall–Kier alpha value is -7.64. The van der Waals surface area contributed by atoms with Gasteiger partial charge in [-0.15, -0.1) is 0 Å². The molecular weight excluding hydrogens is 749 g/mol. The Labute approximate surface area is 353 Å². The zero-order chi connectivity index (χ0) is 40.6. The molecule has 0 amide bonds. The van der Waals surface area contributed by atoms with Crippen molar-refractivity contribution in [3.05, 3.63) is 181 Å². The number of rotatable bonds is 2. The molecule has 0 spiro atoms. The number of anilines is 9. The lowest BCUT2D eigenvalue weighted by atomic mass is 9.35. The highest BCUT2D eigenvalue weighted by Gasteiger charge is 2.47. The summed E-state index contributed by atoms with van der Waals surface area (Å²) in [7, 11) is 0. The minimum Gasteiger partial charge on any atom is -0.468 e. The van der Waals surface area contributed by atoms with Crippen LogP contribution in [0.3, 0.4) is 0 Å². The monoisotopic (exact) mass is 787 g/mol. The van der Waals surface area contributed by atoms with Crippen LogP contribution in [0.25, 0.3) is 32.9 Å². The average Bonchev–Trinajstić information content (AvgIpc) is 3.86. The molecule has 10 aromatic rings. The van der Waals surface area contributed by atoms with Crippen molar-refractivity contribution < 1.29 is 13.6 Å². The Bertz CT molecular complexity index is 3420. The summed E-state index contributed by atoms with van der Waals surface area (Å²) in [5.74, 6) is 1.42. The highest BCUT2D eigenvalue weighted by molar-refractivity contribution is 7.00. The molecule has 3 aliphatic heterocycles. The van der Waals surface area contributed by atoms with E-state index < -0.39 is 0 Å². The maximum Gasteiger partial charge on any atom is 0.297 e. The summed E-state index contributed by atoms with van der Waals surface area (Å²) in [5, 5.41) is 3.17. The van der Waals surface area contributed by atoms with Gasteiger partial charge < -0.3 is 28.3 Å². The van der Waals surface area contributed by atoms with Crippen molar-refractivity contribution in [3.8, 4) is 11.5 Å². The van der Waals surface area contributed by atoms with Gasteiger partial charge in [0, 0.05) is 50.3 Å². The van der Waals surface area contributed by atoms with E-state index in [2.05, 4.69) is 193 Å². The second-order valence-electron chi connectivity index (χ2n) is 17.3. The molecule has 61 heavy (non-hydrogen) atoms. The standard InChI is InChI=1S/C54H38BN3O3/c1-54(2,3)33-24-26-35(27-25-33)57-42-19-13-20-43-49(42)55(53-50(57)39-17-8-11-22-46(39)61-53)40-30-28-36-32-44(40)58(43)51-48(31-29-38-37-16-7-10-21-45(37)60-52(38)51)59-47-23-12-9-18-41(47)56(36)34-14-5-4-6-15-34/h4-32H,1-3H3. The van der Waals surface area contributed by atoms with E-state index in [1.165, 1.54) is 5.56 Å². The van der Waals surface area contributed by atoms with Crippen LogP contribution in [-0.2, 0) is 5.41 Å². The van der Waals surface area contributed by atoms with Crippen molar-refractivity contribution in [2.75, 3.05) is 14.7 Å². The van der Waals surface area contributed by atoms with Crippen molar-refractivity contribution >= 4 is 107 Å². The van der Waals surface area contributed by atoms with Gasteiger partial charge in [-0.2, -0.15) is 0 Å². The number of fused-ring (bicyclic) bond motifs is 14. The van der Waals surface area contributed by atoms with E-state index in [9.17, 15) is 0 Å². The first-order valence-electron chi connectivity index (χ1n) is 21.0. The van der Waals surface area contributed by atoms with Gasteiger partial charge in [-0.05, 0) is 113 Å². The third-order valence-corrected chi connectivity index (χ3v) is 12.8. The number of benzene rings is 8. The third kappa shape index (κ3) is 4.86. The van der Waals surface area contributed by atoms with Crippen LogP contribution in [-0.4, -0.2) is 6.71 Å². The SMILES string of the molecule is CC(C)(C)c1ccc(N2c3cccc4c3B(c3ccc5cc3N4c3c(ccc4c3oc3ccccc34)Oc3ccccc3N5c3ccccc3)c3oc4ccccc4c32)cc1. The lowest BCUT2D eigenvalue weighted by molar-refractivity contribution is 0.484. The highest BCUT2D eigenvalue weighted by atomic mass is 16.5. The predicted molar refractivity (Wildman–Crippen MR) is 251 cm³/mol. The van der Waals surface area contributed by atoms with Crippen LogP contribution in [0.2, 0.25) is 0 Å². The summed E-state index contributed by atoms with van der Waals surface area (Å²) in [5.41, 5.74) is 16.1. The van der Waals surface area contributed by atoms with E-state index in [0.717, 1.165) is 106 Å². The van der Waals surface area contributed by atoms with Gasteiger partial charge in [-0.1, -0.05) is 106 Å². The summed E-state index contributed by atoms with van der Waals surface area (Å²) in [6.45, 7) is 6.57. The summed E-state index contributed by atoms with van der Waals surface area (Å²) < 4.78 is 21.3. The number of furan rings is 2. The second kappa shape index (κ2) is 12.4. The molecule has 7 heteroatoms. The minimum atomic E-state index is -0.210. The predicted octanol–water partition coefficient (Wildman–Crippen LogP) is 13.3. The highest BCUT2D eigenvalue weighted by Crippen LogP contribution is 2.54. The molecule has 0 fully saturated rings. The van der Waals surface area contributed by atoms with Crippen LogP contribution in [0.1, 0.15) is 26.3 Å². The third-order valence-electron chi connectivity index (χ3n) is 12.8. The van der Waals surface area contributed by atoms with E-state index in [1.807, 2.05) is 18.2 Å². The molecule has 13 rings (SSSR count). The first-order valence-corrected chi connectivity index (χ1v) is 21.0. The van der Waals surface area contributed by atoms with Crippen molar-refractivity contribution in [1.82, 2.24) is 0 Å². The normalized spacial score (nSPS) is 13.8. The topological polar surface area (TPSA) is 45.2 Å². The van der Waals surface area contributed by atoms with Gasteiger partial charge in [0.1, 0.15) is 16.9 Å². The van der Waals surface area contributed by atoms with E-state index in [-0.39, 0.29) is 12.1 Å². The molecule has 0 aliphatic carbocycles. The van der Waals surface area contributed by atoms with Crippen molar-refractivity contribution in [1.29, 1.82) is 0 Å². The van der Waals surface area contributed by atoms with E-state index >= 15 is 0 Å². The van der Waals surface area contributed by atoms with Gasteiger partial charge in [0.05, 0.1) is 17.0 Å². The number of para-hydroxylation sites is 5. The van der Waals surface area contributed by atoms with Crippen molar-refractivity contribution in [3.63, 3.8) is 0 Å². The Balaban J connectivity index is 1.16. The molecule has 0 radical (unpaired) electrons. The molecule has 0 saturated heterocycles. The molecule has 0 atom stereocenters. The molecule has 2 aromatic heterocycles. The number of nitrogens with zero attached hydrogens (tertiary/aromatic N) is 3. The fraction of sp³-hybridized carbons (Fsp3) is 0.0741. The Morgan fingerprint density at radius 1 is 0.443 bits per heavy atom. The molecule has 8 aromatic carbocycles. The molecule has 290 valence electrons. The minimum absolute atomic E-state index is 0.0185. The van der Waals surface area contributed by atoms with Crippen LogP contribution in [0.15, 0.2) is 185 Å². The summed E-state index contributed by atoms with van der Waals surface area (Å²) >= 11 is 0. The summed E-state index contributed by atoms with van der Waals surface area (Å²) in [6.07, 6.45) is 0. The Kier molecular flexibility index (Phi) is 6.99. The first-order chi connectivity index (χ1) is 29.9. The van der Waals surface area contributed by atoms with Gasteiger partial charge >= 0.3 is 0 Å². The number of hydrogen-bond acceptors (Lipinski definition) is 6. The maximum atomic E-state index is 7.22. The number of ether oxygens (including phenoxy) is 1. The van der Waals surface area contributed by atoms with Crippen LogP contribution in [0.5, 0.6) is 11.5 Å². The zero-order valence-corrected chi connectivity index (χ0v) is 33.9. The molecule has 2 bridgehead atoms. The van der Waals surface area contributed by atoms with E-state index in [4.69, 9.17) is 13.6 Å². The number of hydrogen-bond donors (Lipinski definition) is 0. The van der Waals surface area contributed by atoms with Crippen LogP contribution < -0.4 is 36.0 Å². The van der Waals surface area contributed by atoms with E-state index in [0.29, 0.717) is 5.75 Å². The average molecular weight is 788 g/mol. The van der Waals surface area contributed by atoms with Crippen LogP contribution in [0.4, 0.5) is 51.2 Å². The lowest BCUT2D eigenvalue weighted by Gasteiger charge is -2.43. The quantitative estimate of drug-likeness (QED) is 0.163. The van der Waals surface area contributed by atoms with E-state index in [1.54, 1.807) is 0 Å². The van der Waals surface area contributed by atoms with Crippen LogP contribution in [0, 0.1) is 0 Å². The van der Waals surface area contributed by atoms with Crippen LogP contribution >= 0.6 is 0 Å². The maximum absolute atomic E-state index is 7.22. The van der Waals surface area contributed by atoms with Gasteiger partial charge in [-0.3, -0.25) is 0 Å². The molecule has 3 aliphatic rings. The molecular formula is C54H38BN3O3. The molecule has 6 nitrogen and oxygen atoms in total. The molecule has 0 N–H and O–H groups in total. The van der Waals surface area contributed by atoms with Gasteiger partial charge in [0.15, 0.2) is 17.1 Å². The smallest absolute Gasteiger partial charge is 0.297 e. The first kappa shape index (κ1) is 34.2. The fourth-order valence-electron chi connectivity index (χ4n) is 10.0. The molecule has 0 unspecified atom stereocenters. The fourth-order valence-corrected chi connectivity index (χ4v) is 10.0. The second-order valence-corrected chi connectivity index (χ2v) is 17.3. The zero-order valence-electron chi connectivity index (χ0n) is 33.9.